The zero-order valence-corrected chi connectivity index (χ0v) is 8.95. The van der Waals surface area contributed by atoms with Gasteiger partial charge in [0.15, 0.2) is 0 Å². The van der Waals surface area contributed by atoms with Crippen LogP contribution in [0.3, 0.4) is 0 Å². The molecule has 0 amide bonds. The molecule has 0 aliphatic carbocycles. The van der Waals surface area contributed by atoms with Gasteiger partial charge in [0, 0.05) is 5.25 Å². The highest BCUT2D eigenvalue weighted by atomic mass is 32.2. The van der Waals surface area contributed by atoms with E-state index in [2.05, 4.69) is 19.9 Å². The Hall–Kier alpha value is -0.200. The third-order valence-electron chi connectivity index (χ3n) is 1.57. The summed E-state index contributed by atoms with van der Waals surface area (Å²) in [5, 5.41) is 9.17. The third kappa shape index (κ3) is 5.45. The molecule has 2 unspecified atom stereocenters. The summed E-state index contributed by atoms with van der Waals surface area (Å²) in [6.07, 6.45) is 1.96. The molecule has 2 N–H and O–H groups in total. The molecule has 0 saturated carbocycles. The summed E-state index contributed by atoms with van der Waals surface area (Å²) in [5.41, 5.74) is 5.06. The number of hydrogen-bond acceptors (Lipinski definition) is 3. The van der Waals surface area contributed by atoms with Crippen LogP contribution in [0.2, 0.25) is 0 Å². The second kappa shape index (κ2) is 5.45. The molecule has 2 atom stereocenters. The third-order valence-corrected chi connectivity index (χ3v) is 2.95. The summed E-state index contributed by atoms with van der Waals surface area (Å²) in [5.74, 6) is 1.16. The van der Waals surface area contributed by atoms with Crippen molar-refractivity contribution in [1.29, 1.82) is 5.26 Å². The van der Waals surface area contributed by atoms with Gasteiger partial charge in [-0.25, -0.2) is 0 Å². The van der Waals surface area contributed by atoms with E-state index in [1.807, 2.05) is 11.8 Å². The van der Waals surface area contributed by atoms with Crippen molar-refractivity contribution in [2.24, 2.45) is 5.73 Å². The number of nitriles is 1. The fraction of sp³-hybridized carbons (Fsp3) is 0.889. The molecule has 0 heterocycles. The Labute approximate surface area is 79.5 Å². The van der Waals surface area contributed by atoms with Gasteiger partial charge in [-0.15, -0.1) is 0 Å². The maximum atomic E-state index is 8.68. The molecule has 12 heavy (non-hydrogen) atoms. The number of hydrogen-bond donors (Lipinski definition) is 1. The molecule has 3 heteroatoms. The first kappa shape index (κ1) is 11.8. The second-order valence-electron chi connectivity index (χ2n) is 3.41. The number of nitrogens with two attached hydrogens (primary N) is 1. The molecule has 0 fully saturated rings. The normalized spacial score (nSPS) is 17.9. The lowest BCUT2D eigenvalue weighted by Crippen LogP contribution is -2.36. The number of rotatable bonds is 5. The van der Waals surface area contributed by atoms with E-state index in [0.29, 0.717) is 5.25 Å². The first-order chi connectivity index (χ1) is 5.52. The van der Waals surface area contributed by atoms with Crippen molar-refractivity contribution in [2.75, 3.05) is 5.75 Å². The van der Waals surface area contributed by atoms with Crippen molar-refractivity contribution in [1.82, 2.24) is 0 Å². The van der Waals surface area contributed by atoms with Crippen molar-refractivity contribution < 1.29 is 0 Å². The van der Waals surface area contributed by atoms with E-state index >= 15 is 0 Å². The molecule has 70 valence electrons. The van der Waals surface area contributed by atoms with Gasteiger partial charge < -0.3 is 5.73 Å². The SMILES string of the molecule is CCCSC(C)CC(C)(N)C#N. The highest BCUT2D eigenvalue weighted by Crippen LogP contribution is 2.20. The largest absolute Gasteiger partial charge is 0.314 e. The maximum absolute atomic E-state index is 8.68. The minimum Gasteiger partial charge on any atom is -0.314 e. The molecule has 0 aromatic carbocycles. The molecule has 0 aromatic rings. The number of thioether (sulfide) groups is 1. The lowest BCUT2D eigenvalue weighted by molar-refractivity contribution is 0.545. The van der Waals surface area contributed by atoms with E-state index in [9.17, 15) is 0 Å². The summed E-state index contributed by atoms with van der Waals surface area (Å²) in [7, 11) is 0. The van der Waals surface area contributed by atoms with E-state index in [-0.39, 0.29) is 0 Å². The molecular formula is C9H18N2S. The van der Waals surface area contributed by atoms with Gasteiger partial charge in [0.05, 0.1) is 6.07 Å². The molecule has 0 rings (SSSR count). The Morgan fingerprint density at radius 2 is 2.25 bits per heavy atom. The van der Waals surface area contributed by atoms with Crippen molar-refractivity contribution >= 4 is 11.8 Å². The van der Waals surface area contributed by atoms with Gasteiger partial charge in [0.2, 0.25) is 0 Å². The predicted octanol–water partition coefficient (Wildman–Crippen LogP) is 2.15. The van der Waals surface area contributed by atoms with Crippen LogP contribution in [0, 0.1) is 11.3 Å². The quantitative estimate of drug-likeness (QED) is 0.715. The molecule has 2 nitrogen and oxygen atoms in total. The molecular weight excluding hydrogens is 168 g/mol. The van der Waals surface area contributed by atoms with E-state index < -0.39 is 5.54 Å². The van der Waals surface area contributed by atoms with Gasteiger partial charge in [-0.05, 0) is 25.5 Å². The van der Waals surface area contributed by atoms with Crippen LogP contribution >= 0.6 is 11.8 Å². The average molecular weight is 186 g/mol. The lowest BCUT2D eigenvalue weighted by atomic mass is 10.00. The minimum atomic E-state index is -0.653. The Kier molecular flexibility index (Phi) is 5.36. The second-order valence-corrected chi connectivity index (χ2v) is 4.96. The minimum absolute atomic E-state index is 0.486. The molecule has 0 radical (unpaired) electrons. The zero-order chi connectivity index (χ0) is 9.61. The molecule has 0 bridgehead atoms. The molecule has 0 aliphatic rings. The summed E-state index contributed by atoms with van der Waals surface area (Å²) in [6, 6.07) is 2.11. The molecule has 0 spiro atoms. The first-order valence-electron chi connectivity index (χ1n) is 4.33. The highest BCUT2D eigenvalue weighted by molar-refractivity contribution is 7.99. The summed E-state index contributed by atoms with van der Waals surface area (Å²) < 4.78 is 0. The van der Waals surface area contributed by atoms with Crippen LogP contribution in [-0.4, -0.2) is 16.5 Å². The van der Waals surface area contributed by atoms with Crippen LogP contribution in [0.4, 0.5) is 0 Å². The Balaban J connectivity index is 3.69. The van der Waals surface area contributed by atoms with Crippen molar-refractivity contribution in [3.63, 3.8) is 0 Å². The standard InChI is InChI=1S/C9H18N2S/c1-4-5-12-8(2)6-9(3,11)7-10/h8H,4-6,11H2,1-3H3. The molecule has 0 aliphatic heterocycles. The van der Waals surface area contributed by atoms with Crippen molar-refractivity contribution in [3.8, 4) is 6.07 Å². The monoisotopic (exact) mass is 186 g/mol. The lowest BCUT2D eigenvalue weighted by Gasteiger charge is -2.19. The Bertz CT molecular complexity index is 160. The smallest absolute Gasteiger partial charge is 0.102 e. The average Bonchev–Trinajstić information content (AvgIpc) is 2.00. The van der Waals surface area contributed by atoms with Crippen LogP contribution in [0.1, 0.15) is 33.6 Å². The van der Waals surface area contributed by atoms with Crippen molar-refractivity contribution in [3.05, 3.63) is 0 Å². The van der Waals surface area contributed by atoms with Crippen molar-refractivity contribution in [2.45, 2.75) is 44.4 Å². The maximum Gasteiger partial charge on any atom is 0.102 e. The van der Waals surface area contributed by atoms with Gasteiger partial charge in [-0.2, -0.15) is 17.0 Å². The summed E-state index contributed by atoms with van der Waals surface area (Å²) in [6.45, 7) is 6.07. The summed E-state index contributed by atoms with van der Waals surface area (Å²) >= 11 is 1.89. The molecule has 0 aromatic heterocycles. The van der Waals surface area contributed by atoms with Gasteiger partial charge in [-0.1, -0.05) is 13.8 Å². The fourth-order valence-electron chi connectivity index (χ4n) is 1.02. The van der Waals surface area contributed by atoms with E-state index in [4.69, 9.17) is 11.0 Å². The first-order valence-corrected chi connectivity index (χ1v) is 5.38. The van der Waals surface area contributed by atoms with Crippen LogP contribution in [0.5, 0.6) is 0 Å². The topological polar surface area (TPSA) is 49.8 Å². The van der Waals surface area contributed by atoms with Crippen LogP contribution in [-0.2, 0) is 0 Å². The summed E-state index contributed by atoms with van der Waals surface area (Å²) in [4.78, 5) is 0. The van der Waals surface area contributed by atoms with Gasteiger partial charge in [-0.3, -0.25) is 0 Å². The van der Waals surface area contributed by atoms with Gasteiger partial charge >= 0.3 is 0 Å². The van der Waals surface area contributed by atoms with E-state index in [1.165, 1.54) is 6.42 Å². The van der Waals surface area contributed by atoms with Gasteiger partial charge in [0.1, 0.15) is 5.54 Å². The molecule has 0 saturated heterocycles. The fourth-order valence-corrected chi connectivity index (χ4v) is 2.12. The van der Waals surface area contributed by atoms with Crippen LogP contribution in [0.15, 0.2) is 0 Å². The Morgan fingerprint density at radius 3 is 2.67 bits per heavy atom. The van der Waals surface area contributed by atoms with Crippen LogP contribution < -0.4 is 5.73 Å². The van der Waals surface area contributed by atoms with E-state index in [0.717, 1.165) is 12.2 Å². The Morgan fingerprint density at radius 1 is 1.67 bits per heavy atom. The van der Waals surface area contributed by atoms with Crippen LogP contribution in [0.25, 0.3) is 0 Å². The zero-order valence-electron chi connectivity index (χ0n) is 8.13. The van der Waals surface area contributed by atoms with E-state index in [1.54, 1.807) is 6.92 Å². The highest BCUT2D eigenvalue weighted by Gasteiger charge is 2.20. The van der Waals surface area contributed by atoms with Gasteiger partial charge in [0.25, 0.3) is 0 Å². The predicted molar refractivity (Wildman–Crippen MR) is 55.0 cm³/mol. The number of nitrogens with zero attached hydrogens (tertiary/aromatic N) is 1.